The molecule has 32 heavy (non-hydrogen) atoms. The van der Waals surface area contributed by atoms with Gasteiger partial charge in [0.05, 0.1) is 0 Å². The van der Waals surface area contributed by atoms with Crippen molar-refractivity contribution in [3.05, 3.63) is 29.3 Å². The molecule has 0 radical (unpaired) electrons. The number of nitrogens with zero attached hydrogens (tertiary/aromatic N) is 1. The highest BCUT2D eigenvalue weighted by molar-refractivity contribution is 5.73. The second-order valence-electron chi connectivity index (χ2n) is 11.2. The number of fused-ring (bicyclic) bond motifs is 4. The predicted octanol–water partition coefficient (Wildman–Crippen LogP) is 4.57. The van der Waals surface area contributed by atoms with E-state index in [1.165, 1.54) is 30.5 Å². The number of carboxylic acid groups (broad SMARTS) is 1. The van der Waals surface area contributed by atoms with Gasteiger partial charge in [-0.2, -0.15) is 0 Å². The second-order valence-corrected chi connectivity index (χ2v) is 11.2. The van der Waals surface area contributed by atoms with E-state index in [2.05, 4.69) is 37.1 Å². The molecular weight excluding hydrogens is 400 g/mol. The molecule has 1 aromatic carbocycles. The van der Waals surface area contributed by atoms with Crippen LogP contribution in [0.15, 0.2) is 18.2 Å². The Morgan fingerprint density at radius 2 is 2.06 bits per heavy atom. The third-order valence-electron chi connectivity index (χ3n) is 8.46. The smallest absolute Gasteiger partial charge is 0.320 e. The van der Waals surface area contributed by atoms with Crippen molar-refractivity contribution in [1.82, 2.24) is 10.2 Å². The van der Waals surface area contributed by atoms with Gasteiger partial charge in [-0.3, -0.25) is 9.69 Å². The molecule has 0 spiro atoms. The van der Waals surface area contributed by atoms with Crippen molar-refractivity contribution < 1.29 is 15.0 Å². The first-order chi connectivity index (χ1) is 15.3. The van der Waals surface area contributed by atoms with Gasteiger partial charge in [0.1, 0.15) is 11.8 Å². The van der Waals surface area contributed by atoms with E-state index in [-0.39, 0.29) is 5.41 Å². The Bertz CT molecular complexity index is 806. The number of aromatic hydroxyl groups is 1. The molecular formula is C27H42N2O3. The number of piperidine rings is 1. The van der Waals surface area contributed by atoms with Crippen LogP contribution >= 0.6 is 0 Å². The fraction of sp³-hybridized carbons (Fsp3) is 0.741. The molecule has 1 saturated carbocycles. The van der Waals surface area contributed by atoms with Crippen LogP contribution in [0, 0.1) is 17.8 Å². The molecule has 1 aromatic rings. The Balaban J connectivity index is 1.43. The van der Waals surface area contributed by atoms with Gasteiger partial charge in [-0.15, -0.1) is 0 Å². The minimum atomic E-state index is -0.742. The number of likely N-dealkylation sites (tertiary alicyclic amines) is 1. The van der Waals surface area contributed by atoms with Crippen molar-refractivity contribution in [2.45, 2.75) is 89.6 Å². The summed E-state index contributed by atoms with van der Waals surface area (Å²) in [5.74, 6) is 1.50. The third kappa shape index (κ3) is 4.99. The number of phenols is 1. The molecule has 2 bridgehead atoms. The summed E-state index contributed by atoms with van der Waals surface area (Å²) in [6, 6.07) is 6.20. The molecule has 5 heteroatoms. The van der Waals surface area contributed by atoms with Gasteiger partial charge in [-0.1, -0.05) is 33.3 Å². The molecule has 3 N–H and O–H groups in total. The first-order valence-electron chi connectivity index (χ1n) is 12.8. The van der Waals surface area contributed by atoms with E-state index in [1.807, 2.05) is 12.1 Å². The van der Waals surface area contributed by atoms with E-state index in [0.29, 0.717) is 30.0 Å². The zero-order chi connectivity index (χ0) is 22.9. The van der Waals surface area contributed by atoms with Gasteiger partial charge in [0.25, 0.3) is 0 Å². The van der Waals surface area contributed by atoms with Crippen LogP contribution in [0.25, 0.3) is 0 Å². The lowest BCUT2D eigenvalue weighted by atomic mass is 9.56. The van der Waals surface area contributed by atoms with Crippen molar-refractivity contribution in [3.63, 3.8) is 0 Å². The number of nitrogens with one attached hydrogen (secondary N) is 1. The highest BCUT2D eigenvalue weighted by Gasteiger charge is 2.51. The molecule has 0 aromatic heterocycles. The van der Waals surface area contributed by atoms with Crippen LogP contribution in [0.4, 0.5) is 0 Å². The Hall–Kier alpha value is -1.59. The Labute approximate surface area is 193 Å². The van der Waals surface area contributed by atoms with Crippen LogP contribution in [-0.4, -0.2) is 52.8 Å². The minimum absolute atomic E-state index is 0.126. The van der Waals surface area contributed by atoms with E-state index in [4.69, 9.17) is 0 Å². The second kappa shape index (κ2) is 9.72. The molecule has 4 atom stereocenters. The Morgan fingerprint density at radius 3 is 2.75 bits per heavy atom. The fourth-order valence-electron chi connectivity index (χ4n) is 6.47. The van der Waals surface area contributed by atoms with Gasteiger partial charge in [0.15, 0.2) is 0 Å². The summed E-state index contributed by atoms with van der Waals surface area (Å²) in [6.07, 6.45) is 8.90. The van der Waals surface area contributed by atoms with Gasteiger partial charge in [0.2, 0.25) is 0 Å². The number of hydrogen-bond acceptors (Lipinski definition) is 4. The van der Waals surface area contributed by atoms with Crippen LogP contribution in [0.3, 0.4) is 0 Å². The fourth-order valence-corrected chi connectivity index (χ4v) is 6.47. The number of phenolic OH excluding ortho intramolecular Hbond substituents is 1. The lowest BCUT2D eigenvalue weighted by Crippen LogP contribution is -2.59. The maximum atomic E-state index is 11.5. The summed E-state index contributed by atoms with van der Waals surface area (Å²) < 4.78 is 0. The standard InChI is InChI=1S/C27H42N2O3/c1-18(2)14-24(26(31)32)28-12-5-4-10-27-11-13-29(17-20-6-7-20)25(19(27)3)15-21-8-9-22(30)16-23(21)27/h8-9,16,18-20,24-25,28,30H,4-7,10-15,17H2,1-3H3,(H,31,32)/t19-,24-,25+,27-/m0/s1. The highest BCUT2D eigenvalue weighted by Crippen LogP contribution is 2.52. The third-order valence-corrected chi connectivity index (χ3v) is 8.46. The quantitative estimate of drug-likeness (QED) is 0.438. The number of hydrogen-bond donors (Lipinski definition) is 3. The largest absolute Gasteiger partial charge is 0.508 e. The van der Waals surface area contributed by atoms with Crippen molar-refractivity contribution in [1.29, 1.82) is 0 Å². The summed E-state index contributed by atoms with van der Waals surface area (Å²) in [5.41, 5.74) is 2.93. The van der Waals surface area contributed by atoms with Gasteiger partial charge >= 0.3 is 5.97 Å². The number of carboxylic acids is 1. The van der Waals surface area contributed by atoms with Crippen LogP contribution < -0.4 is 5.32 Å². The zero-order valence-electron chi connectivity index (χ0n) is 20.1. The van der Waals surface area contributed by atoms with Gasteiger partial charge in [-0.05, 0) is 99.0 Å². The van der Waals surface area contributed by atoms with Crippen molar-refractivity contribution in [2.75, 3.05) is 19.6 Å². The average Bonchev–Trinajstić information content (AvgIpc) is 3.55. The first-order valence-corrected chi connectivity index (χ1v) is 12.8. The molecule has 1 heterocycles. The molecule has 2 aliphatic carbocycles. The van der Waals surface area contributed by atoms with Gasteiger partial charge in [-0.25, -0.2) is 0 Å². The normalized spacial score (nSPS) is 28.5. The average molecular weight is 443 g/mol. The summed E-state index contributed by atoms with van der Waals surface area (Å²) in [7, 11) is 0. The van der Waals surface area contributed by atoms with Crippen LogP contribution in [0.1, 0.15) is 76.8 Å². The van der Waals surface area contributed by atoms with E-state index < -0.39 is 12.0 Å². The molecule has 4 rings (SSSR count). The molecule has 5 nitrogen and oxygen atoms in total. The van der Waals surface area contributed by atoms with Crippen LogP contribution in [-0.2, 0) is 16.6 Å². The molecule has 2 fully saturated rings. The minimum Gasteiger partial charge on any atom is -0.508 e. The van der Waals surface area contributed by atoms with Crippen molar-refractivity contribution in [3.8, 4) is 5.75 Å². The van der Waals surface area contributed by atoms with E-state index in [9.17, 15) is 15.0 Å². The van der Waals surface area contributed by atoms with Crippen LogP contribution in [0.2, 0.25) is 0 Å². The number of benzene rings is 1. The first kappa shape index (κ1) is 23.6. The summed E-state index contributed by atoms with van der Waals surface area (Å²) in [5, 5.41) is 23.0. The number of carbonyl (C=O) groups is 1. The molecule has 1 saturated heterocycles. The van der Waals surface area contributed by atoms with Crippen LogP contribution in [0.5, 0.6) is 5.75 Å². The summed E-state index contributed by atoms with van der Waals surface area (Å²) >= 11 is 0. The highest BCUT2D eigenvalue weighted by atomic mass is 16.4. The Kier molecular flexibility index (Phi) is 7.16. The zero-order valence-corrected chi connectivity index (χ0v) is 20.1. The SMILES string of the molecule is CC(C)C[C@H](NCCCC[C@@]12CCN(CC3CC3)[C@H](Cc3ccc(O)cc31)[C@@H]2C)C(=O)O. The lowest BCUT2D eigenvalue weighted by molar-refractivity contribution is -0.139. The van der Waals surface area contributed by atoms with E-state index >= 15 is 0 Å². The molecule has 0 amide bonds. The van der Waals surface area contributed by atoms with Gasteiger partial charge in [0, 0.05) is 18.0 Å². The topological polar surface area (TPSA) is 72.8 Å². The number of aliphatic carboxylic acids is 1. The van der Waals surface area contributed by atoms with E-state index in [1.54, 1.807) is 0 Å². The Morgan fingerprint density at radius 1 is 1.28 bits per heavy atom. The van der Waals surface area contributed by atoms with Crippen molar-refractivity contribution in [2.24, 2.45) is 17.8 Å². The molecule has 3 aliphatic rings. The molecule has 0 unspecified atom stereocenters. The monoisotopic (exact) mass is 442 g/mol. The maximum Gasteiger partial charge on any atom is 0.320 e. The van der Waals surface area contributed by atoms with E-state index in [0.717, 1.165) is 51.1 Å². The predicted molar refractivity (Wildman–Crippen MR) is 128 cm³/mol. The summed E-state index contributed by atoms with van der Waals surface area (Å²) in [6.45, 7) is 9.75. The maximum absolute atomic E-state index is 11.5. The lowest BCUT2D eigenvalue weighted by Gasteiger charge is -2.56. The van der Waals surface area contributed by atoms with Crippen molar-refractivity contribution >= 4 is 5.97 Å². The summed E-state index contributed by atoms with van der Waals surface area (Å²) in [4.78, 5) is 14.3. The molecule has 1 aliphatic heterocycles. The molecule has 178 valence electrons. The number of unbranched alkanes of at least 4 members (excludes halogenated alkanes) is 1. The number of rotatable bonds is 11. The van der Waals surface area contributed by atoms with Gasteiger partial charge < -0.3 is 15.5 Å².